The number of fused-ring (bicyclic) bond motifs is 1. The summed E-state index contributed by atoms with van der Waals surface area (Å²) in [5.41, 5.74) is 4.02. The number of hydroxylamine groups is 1. The van der Waals surface area contributed by atoms with Gasteiger partial charge in [-0.15, -0.1) is 0 Å². The molecule has 0 radical (unpaired) electrons. The summed E-state index contributed by atoms with van der Waals surface area (Å²) in [5, 5.41) is 3.27. The van der Waals surface area contributed by atoms with Crippen molar-refractivity contribution >= 4 is 29.4 Å². The lowest BCUT2D eigenvalue weighted by Crippen LogP contribution is -2.48. The quantitative estimate of drug-likeness (QED) is 0.472. The van der Waals surface area contributed by atoms with E-state index in [0.29, 0.717) is 48.5 Å². The van der Waals surface area contributed by atoms with E-state index < -0.39 is 5.91 Å². The third kappa shape index (κ3) is 5.83. The number of anilines is 3. The molecule has 194 valence electrons. The molecule has 1 aromatic carbocycles. The summed E-state index contributed by atoms with van der Waals surface area (Å²) in [5.74, 6) is 1.09. The Morgan fingerprint density at radius 2 is 2.00 bits per heavy atom. The van der Waals surface area contributed by atoms with Gasteiger partial charge in [0.1, 0.15) is 11.6 Å². The molecule has 0 spiro atoms. The van der Waals surface area contributed by atoms with Gasteiger partial charge in [-0.05, 0) is 26.0 Å². The largest absolute Gasteiger partial charge is 0.497 e. The number of ether oxygens (including phenoxy) is 2. The molecular weight excluding hydrogens is 466 g/mol. The van der Waals surface area contributed by atoms with Crippen molar-refractivity contribution < 1.29 is 23.9 Å². The average molecular weight is 500 g/mol. The highest BCUT2D eigenvalue weighted by molar-refractivity contribution is 6.06. The minimum absolute atomic E-state index is 0.243. The fourth-order valence-electron chi connectivity index (χ4n) is 4.12. The summed E-state index contributed by atoms with van der Waals surface area (Å²) in [7, 11) is 1.51. The van der Waals surface area contributed by atoms with Crippen molar-refractivity contribution in [3.63, 3.8) is 0 Å². The molecule has 0 bridgehead atoms. The number of carbonyl (C=O) groups excluding carboxylic acids is 2. The molecular formula is C24H33N7O5. The third-order valence-corrected chi connectivity index (χ3v) is 6.03. The molecule has 3 heterocycles. The second-order valence-electron chi connectivity index (χ2n) is 8.32. The highest BCUT2D eigenvalue weighted by Gasteiger charge is 2.33. The van der Waals surface area contributed by atoms with Gasteiger partial charge in [0, 0.05) is 56.1 Å². The Kier molecular flexibility index (Phi) is 8.52. The van der Waals surface area contributed by atoms with Gasteiger partial charge < -0.3 is 14.8 Å². The van der Waals surface area contributed by atoms with Gasteiger partial charge in [-0.2, -0.15) is 4.98 Å². The number of hydrogen-bond acceptors (Lipinski definition) is 9. The highest BCUT2D eigenvalue weighted by atomic mass is 16.6. The number of aromatic nitrogens is 2. The van der Waals surface area contributed by atoms with Crippen LogP contribution in [0, 0.1) is 0 Å². The van der Waals surface area contributed by atoms with E-state index in [-0.39, 0.29) is 12.6 Å². The fourth-order valence-corrected chi connectivity index (χ4v) is 4.12. The van der Waals surface area contributed by atoms with Gasteiger partial charge in [0.2, 0.25) is 5.95 Å². The van der Waals surface area contributed by atoms with Crippen LogP contribution in [-0.2, 0) is 16.1 Å². The monoisotopic (exact) mass is 499 g/mol. The lowest BCUT2D eigenvalue weighted by atomic mass is 10.1. The molecule has 4 rings (SSSR count). The first-order chi connectivity index (χ1) is 17.5. The summed E-state index contributed by atoms with van der Waals surface area (Å²) < 4.78 is 10.8. The molecule has 12 nitrogen and oxygen atoms in total. The molecule has 3 amide bonds. The average Bonchev–Trinajstić information content (AvgIpc) is 2.91. The number of methoxy groups -OCH3 is 1. The molecule has 2 aliphatic heterocycles. The maximum Gasteiger partial charge on any atom is 0.330 e. The highest BCUT2D eigenvalue weighted by Crippen LogP contribution is 2.33. The van der Waals surface area contributed by atoms with Crippen LogP contribution in [0.4, 0.5) is 22.2 Å². The van der Waals surface area contributed by atoms with Gasteiger partial charge in [-0.3, -0.25) is 24.3 Å². The molecule has 12 heteroatoms. The lowest BCUT2D eigenvalue weighted by Gasteiger charge is -2.35. The summed E-state index contributed by atoms with van der Waals surface area (Å²) in [6.07, 6.45) is 1.74. The van der Waals surface area contributed by atoms with E-state index in [0.717, 1.165) is 38.4 Å². The minimum atomic E-state index is -0.426. The van der Waals surface area contributed by atoms with Crippen LogP contribution < -0.4 is 25.3 Å². The van der Waals surface area contributed by atoms with E-state index >= 15 is 0 Å². The van der Waals surface area contributed by atoms with E-state index in [9.17, 15) is 9.59 Å². The Balaban J connectivity index is 1.53. The van der Waals surface area contributed by atoms with Gasteiger partial charge in [0.25, 0.3) is 5.91 Å². The number of amides is 3. The van der Waals surface area contributed by atoms with Crippen molar-refractivity contribution in [2.45, 2.75) is 20.4 Å². The topological polar surface area (TPSA) is 121 Å². The maximum absolute atomic E-state index is 13.5. The number of hydrogen-bond donors (Lipinski definition) is 2. The Hall–Kier alpha value is -3.48. The standard InChI is InChI=1S/C24H33N7O5/c1-4-30-21-18(15-26-23(27-21)25-6-7-29-8-10-35-11-9-29)16-31(24(30)33)19-12-17(13-20(14-19)34-3)22(32)28-36-5-2/h12-15H,4-11,16H2,1-3H3,(H,28,32)(H,25,26,27). The molecule has 0 aliphatic carbocycles. The number of urea groups is 1. The Morgan fingerprint density at radius 3 is 2.72 bits per heavy atom. The molecule has 1 saturated heterocycles. The molecule has 2 N–H and O–H groups in total. The van der Waals surface area contributed by atoms with Crippen LogP contribution in [0.5, 0.6) is 5.75 Å². The van der Waals surface area contributed by atoms with E-state index in [2.05, 4.69) is 25.7 Å². The summed E-state index contributed by atoms with van der Waals surface area (Å²) in [6, 6.07) is 4.70. The van der Waals surface area contributed by atoms with Crippen molar-refractivity contribution in [2.24, 2.45) is 0 Å². The van der Waals surface area contributed by atoms with Crippen LogP contribution in [0.1, 0.15) is 29.8 Å². The summed E-state index contributed by atoms with van der Waals surface area (Å²) in [4.78, 5) is 45.6. The SMILES string of the molecule is CCONC(=O)c1cc(OC)cc(N2Cc3cnc(NCCN4CCOCC4)nc3N(CC)C2=O)c1. The Bertz CT molecular complexity index is 1080. The van der Waals surface area contributed by atoms with Crippen LogP contribution in [-0.4, -0.2) is 86.5 Å². The molecule has 36 heavy (non-hydrogen) atoms. The van der Waals surface area contributed by atoms with Crippen molar-refractivity contribution in [1.29, 1.82) is 0 Å². The van der Waals surface area contributed by atoms with E-state index in [4.69, 9.17) is 14.3 Å². The minimum Gasteiger partial charge on any atom is -0.497 e. The Labute approximate surface area is 210 Å². The van der Waals surface area contributed by atoms with Gasteiger partial charge in [0.05, 0.1) is 39.2 Å². The van der Waals surface area contributed by atoms with Crippen molar-refractivity contribution in [2.75, 3.05) is 74.8 Å². The van der Waals surface area contributed by atoms with Gasteiger partial charge >= 0.3 is 6.03 Å². The van der Waals surface area contributed by atoms with Crippen LogP contribution >= 0.6 is 0 Å². The first-order valence-electron chi connectivity index (χ1n) is 12.1. The summed E-state index contributed by atoms with van der Waals surface area (Å²) >= 11 is 0. The van der Waals surface area contributed by atoms with Gasteiger partial charge in [0.15, 0.2) is 0 Å². The van der Waals surface area contributed by atoms with Crippen LogP contribution in [0.25, 0.3) is 0 Å². The van der Waals surface area contributed by atoms with Crippen LogP contribution in [0.2, 0.25) is 0 Å². The molecule has 1 fully saturated rings. The normalized spacial score (nSPS) is 16.0. The van der Waals surface area contributed by atoms with E-state index in [1.165, 1.54) is 7.11 Å². The predicted molar refractivity (Wildman–Crippen MR) is 134 cm³/mol. The number of nitrogens with zero attached hydrogens (tertiary/aromatic N) is 5. The lowest BCUT2D eigenvalue weighted by molar-refractivity contribution is 0.0364. The van der Waals surface area contributed by atoms with Crippen molar-refractivity contribution in [3.8, 4) is 5.75 Å². The van der Waals surface area contributed by atoms with Gasteiger partial charge in [-0.25, -0.2) is 15.3 Å². The molecule has 0 saturated carbocycles. The van der Waals surface area contributed by atoms with E-state index in [1.807, 2.05) is 6.92 Å². The predicted octanol–water partition coefficient (Wildman–Crippen LogP) is 1.88. The molecule has 0 atom stereocenters. The fraction of sp³-hybridized carbons (Fsp3) is 0.500. The zero-order chi connectivity index (χ0) is 25.5. The molecule has 1 aromatic heterocycles. The molecule has 2 aromatic rings. The first kappa shape index (κ1) is 25.6. The number of nitrogens with one attached hydrogen (secondary N) is 2. The third-order valence-electron chi connectivity index (χ3n) is 6.03. The smallest absolute Gasteiger partial charge is 0.330 e. The number of rotatable bonds is 10. The number of morpholine rings is 1. The van der Waals surface area contributed by atoms with Crippen molar-refractivity contribution in [3.05, 3.63) is 35.5 Å². The van der Waals surface area contributed by atoms with Crippen molar-refractivity contribution in [1.82, 2.24) is 20.3 Å². The number of benzene rings is 1. The van der Waals surface area contributed by atoms with Crippen LogP contribution in [0.15, 0.2) is 24.4 Å². The van der Waals surface area contributed by atoms with E-state index in [1.54, 1.807) is 41.1 Å². The molecule has 0 unspecified atom stereocenters. The second-order valence-corrected chi connectivity index (χ2v) is 8.32. The zero-order valence-electron chi connectivity index (χ0n) is 21.0. The Morgan fingerprint density at radius 1 is 1.19 bits per heavy atom. The first-order valence-corrected chi connectivity index (χ1v) is 12.1. The van der Waals surface area contributed by atoms with Gasteiger partial charge in [-0.1, -0.05) is 0 Å². The zero-order valence-corrected chi connectivity index (χ0v) is 21.0. The second kappa shape index (κ2) is 12.0. The summed E-state index contributed by atoms with van der Waals surface area (Å²) in [6.45, 7) is 9.59. The molecule has 2 aliphatic rings. The maximum atomic E-state index is 13.5. The van der Waals surface area contributed by atoms with Crippen LogP contribution in [0.3, 0.4) is 0 Å². The number of carbonyl (C=O) groups is 2.